The maximum absolute atomic E-state index is 6.45. The third-order valence-electron chi connectivity index (χ3n) is 3.97. The molecular weight excluding hydrogens is 254 g/mol. The first-order chi connectivity index (χ1) is 9.95. The van der Waals surface area contributed by atoms with Crippen LogP contribution in [0.5, 0.6) is 0 Å². The van der Waals surface area contributed by atoms with Gasteiger partial charge in [0.15, 0.2) is 0 Å². The standard InChI is InChI=1S/C20H27N/c1-14(2)10-17-6-5-7-18(12-17)20(21)13-19-11-15(3)8-9-16(19)4/h5-9,11-12,14,20H,10,13,21H2,1-4H3. The first-order valence-electron chi connectivity index (χ1n) is 7.86. The van der Waals surface area contributed by atoms with Gasteiger partial charge in [0, 0.05) is 6.04 Å². The minimum atomic E-state index is 0.0672. The number of hydrogen-bond acceptors (Lipinski definition) is 1. The SMILES string of the molecule is Cc1ccc(C)c(CC(N)c2cccc(CC(C)C)c2)c1. The van der Waals surface area contributed by atoms with Gasteiger partial charge < -0.3 is 5.73 Å². The minimum absolute atomic E-state index is 0.0672. The fourth-order valence-electron chi connectivity index (χ4n) is 2.80. The Labute approximate surface area is 129 Å². The second-order valence-corrected chi connectivity index (χ2v) is 6.58. The lowest BCUT2D eigenvalue weighted by molar-refractivity contribution is 0.644. The highest BCUT2D eigenvalue weighted by Gasteiger charge is 2.10. The Morgan fingerprint density at radius 2 is 1.71 bits per heavy atom. The van der Waals surface area contributed by atoms with E-state index in [0.717, 1.165) is 12.8 Å². The molecule has 0 saturated carbocycles. The summed E-state index contributed by atoms with van der Waals surface area (Å²) in [6.07, 6.45) is 2.02. The molecule has 0 fully saturated rings. The number of rotatable bonds is 5. The predicted octanol–water partition coefficient (Wildman–Crippen LogP) is 4.74. The van der Waals surface area contributed by atoms with Crippen molar-refractivity contribution in [3.8, 4) is 0 Å². The summed E-state index contributed by atoms with van der Waals surface area (Å²) in [7, 11) is 0. The smallest absolute Gasteiger partial charge is 0.0335 e. The molecule has 112 valence electrons. The molecule has 2 rings (SSSR count). The first kappa shape index (κ1) is 15.8. The second-order valence-electron chi connectivity index (χ2n) is 6.58. The predicted molar refractivity (Wildman–Crippen MR) is 91.5 cm³/mol. The molecule has 0 aromatic heterocycles. The lowest BCUT2D eigenvalue weighted by atomic mass is 9.93. The van der Waals surface area contributed by atoms with E-state index in [2.05, 4.69) is 70.2 Å². The van der Waals surface area contributed by atoms with Crippen LogP contribution in [0.15, 0.2) is 42.5 Å². The van der Waals surface area contributed by atoms with Crippen LogP contribution < -0.4 is 5.73 Å². The molecule has 0 spiro atoms. The highest BCUT2D eigenvalue weighted by Crippen LogP contribution is 2.21. The molecule has 2 aromatic rings. The van der Waals surface area contributed by atoms with Gasteiger partial charge in [0.05, 0.1) is 0 Å². The Bertz CT molecular complexity index is 599. The van der Waals surface area contributed by atoms with Crippen molar-refractivity contribution < 1.29 is 0 Å². The summed E-state index contributed by atoms with van der Waals surface area (Å²) < 4.78 is 0. The molecule has 0 radical (unpaired) electrons. The quantitative estimate of drug-likeness (QED) is 0.841. The van der Waals surface area contributed by atoms with E-state index in [-0.39, 0.29) is 6.04 Å². The van der Waals surface area contributed by atoms with Gasteiger partial charge in [0.1, 0.15) is 0 Å². The zero-order valence-corrected chi connectivity index (χ0v) is 13.7. The molecule has 0 bridgehead atoms. The molecule has 1 heteroatoms. The summed E-state index contributed by atoms with van der Waals surface area (Å²) in [5.41, 5.74) is 13.1. The molecule has 0 aliphatic heterocycles. The zero-order chi connectivity index (χ0) is 15.4. The zero-order valence-electron chi connectivity index (χ0n) is 13.7. The summed E-state index contributed by atoms with van der Waals surface area (Å²) in [5, 5.41) is 0. The van der Waals surface area contributed by atoms with E-state index in [1.807, 2.05) is 0 Å². The van der Waals surface area contributed by atoms with Gasteiger partial charge in [0.25, 0.3) is 0 Å². The van der Waals surface area contributed by atoms with E-state index in [0.29, 0.717) is 5.92 Å². The summed E-state index contributed by atoms with van der Waals surface area (Å²) >= 11 is 0. The van der Waals surface area contributed by atoms with E-state index < -0.39 is 0 Å². The highest BCUT2D eigenvalue weighted by atomic mass is 14.6. The van der Waals surface area contributed by atoms with Crippen LogP contribution in [0.4, 0.5) is 0 Å². The van der Waals surface area contributed by atoms with Crippen LogP contribution in [0.1, 0.15) is 47.7 Å². The Balaban J connectivity index is 2.16. The first-order valence-corrected chi connectivity index (χ1v) is 7.86. The van der Waals surface area contributed by atoms with Crippen LogP contribution in [-0.2, 0) is 12.8 Å². The topological polar surface area (TPSA) is 26.0 Å². The van der Waals surface area contributed by atoms with E-state index in [1.54, 1.807) is 0 Å². The molecule has 1 unspecified atom stereocenters. The number of aryl methyl sites for hydroxylation is 2. The maximum atomic E-state index is 6.45. The maximum Gasteiger partial charge on any atom is 0.0335 e. The van der Waals surface area contributed by atoms with Crippen molar-refractivity contribution in [1.82, 2.24) is 0 Å². The Kier molecular flexibility index (Phi) is 5.19. The van der Waals surface area contributed by atoms with Crippen molar-refractivity contribution >= 4 is 0 Å². The average Bonchev–Trinajstić information content (AvgIpc) is 2.42. The lowest BCUT2D eigenvalue weighted by Gasteiger charge is -2.16. The summed E-state index contributed by atoms with van der Waals surface area (Å²) in [5.74, 6) is 0.676. The van der Waals surface area contributed by atoms with Crippen molar-refractivity contribution in [2.45, 2.75) is 46.6 Å². The van der Waals surface area contributed by atoms with Crippen LogP contribution in [0, 0.1) is 19.8 Å². The summed E-state index contributed by atoms with van der Waals surface area (Å²) in [4.78, 5) is 0. The van der Waals surface area contributed by atoms with Crippen molar-refractivity contribution in [2.24, 2.45) is 11.7 Å². The van der Waals surface area contributed by atoms with E-state index in [9.17, 15) is 0 Å². The van der Waals surface area contributed by atoms with Gasteiger partial charge in [-0.05, 0) is 54.9 Å². The largest absolute Gasteiger partial charge is 0.324 e. The molecular formula is C20H27N. The Hall–Kier alpha value is -1.60. The Morgan fingerprint density at radius 3 is 2.43 bits per heavy atom. The number of nitrogens with two attached hydrogens (primary N) is 1. The molecule has 2 aromatic carbocycles. The lowest BCUT2D eigenvalue weighted by Crippen LogP contribution is -2.14. The fraction of sp³-hybridized carbons (Fsp3) is 0.400. The van der Waals surface area contributed by atoms with Gasteiger partial charge in [-0.25, -0.2) is 0 Å². The van der Waals surface area contributed by atoms with Crippen molar-refractivity contribution in [2.75, 3.05) is 0 Å². The fourth-order valence-corrected chi connectivity index (χ4v) is 2.80. The average molecular weight is 281 g/mol. The van der Waals surface area contributed by atoms with Crippen LogP contribution in [0.2, 0.25) is 0 Å². The van der Waals surface area contributed by atoms with Crippen molar-refractivity contribution in [1.29, 1.82) is 0 Å². The van der Waals surface area contributed by atoms with E-state index in [4.69, 9.17) is 5.73 Å². The van der Waals surface area contributed by atoms with Gasteiger partial charge >= 0.3 is 0 Å². The number of hydrogen-bond donors (Lipinski definition) is 1. The highest BCUT2D eigenvalue weighted by molar-refractivity contribution is 5.33. The molecule has 0 aliphatic rings. The van der Waals surface area contributed by atoms with Crippen LogP contribution >= 0.6 is 0 Å². The molecule has 0 saturated heterocycles. The molecule has 1 atom stereocenters. The molecule has 0 amide bonds. The van der Waals surface area contributed by atoms with E-state index in [1.165, 1.54) is 27.8 Å². The van der Waals surface area contributed by atoms with Crippen molar-refractivity contribution in [3.63, 3.8) is 0 Å². The van der Waals surface area contributed by atoms with Gasteiger partial charge in [-0.3, -0.25) is 0 Å². The molecule has 0 aliphatic carbocycles. The van der Waals surface area contributed by atoms with Gasteiger partial charge in [-0.1, -0.05) is 61.9 Å². The molecule has 21 heavy (non-hydrogen) atoms. The third kappa shape index (κ3) is 4.44. The number of benzene rings is 2. The normalized spacial score (nSPS) is 12.7. The summed E-state index contributed by atoms with van der Waals surface area (Å²) in [6, 6.07) is 15.4. The minimum Gasteiger partial charge on any atom is -0.324 e. The van der Waals surface area contributed by atoms with Gasteiger partial charge in [-0.2, -0.15) is 0 Å². The van der Waals surface area contributed by atoms with Gasteiger partial charge in [0.2, 0.25) is 0 Å². The monoisotopic (exact) mass is 281 g/mol. The Morgan fingerprint density at radius 1 is 0.952 bits per heavy atom. The van der Waals surface area contributed by atoms with Gasteiger partial charge in [-0.15, -0.1) is 0 Å². The van der Waals surface area contributed by atoms with E-state index >= 15 is 0 Å². The van der Waals surface area contributed by atoms with Crippen LogP contribution in [-0.4, -0.2) is 0 Å². The molecule has 0 heterocycles. The van der Waals surface area contributed by atoms with Crippen LogP contribution in [0.3, 0.4) is 0 Å². The third-order valence-corrected chi connectivity index (χ3v) is 3.97. The van der Waals surface area contributed by atoms with Crippen molar-refractivity contribution in [3.05, 3.63) is 70.3 Å². The molecule has 2 N–H and O–H groups in total. The van der Waals surface area contributed by atoms with Crippen LogP contribution in [0.25, 0.3) is 0 Å². The molecule has 1 nitrogen and oxygen atoms in total. The second kappa shape index (κ2) is 6.91. The summed E-state index contributed by atoms with van der Waals surface area (Å²) in [6.45, 7) is 8.81.